The summed E-state index contributed by atoms with van der Waals surface area (Å²) in [4.78, 5) is 31.2. The second kappa shape index (κ2) is 15.1. The zero-order valence-corrected chi connectivity index (χ0v) is 14.9. The van der Waals surface area contributed by atoms with E-state index in [0.29, 0.717) is 0 Å². The van der Waals surface area contributed by atoms with E-state index in [2.05, 4.69) is 39.4 Å². The molecule has 152 valence electrons. The van der Waals surface area contributed by atoms with E-state index < -0.39 is 30.7 Å². The number of carbonyl (C=O) groups excluding carboxylic acids is 2. The summed E-state index contributed by atoms with van der Waals surface area (Å²) in [7, 11) is 1.61. The fourth-order valence-electron chi connectivity index (χ4n) is 1.32. The number of terminal acetylenes is 1. The summed E-state index contributed by atoms with van der Waals surface area (Å²) in [6.07, 6.45) is 8.00. The highest BCUT2D eigenvalue weighted by atomic mass is 16.4. The maximum atomic E-state index is 11.4. The number of nitrogens with zero attached hydrogens (tertiary/aromatic N) is 2. The van der Waals surface area contributed by atoms with Crippen LogP contribution in [0.3, 0.4) is 0 Å². The van der Waals surface area contributed by atoms with Crippen LogP contribution >= 0.6 is 0 Å². The molecule has 0 unspecified atom stereocenters. The number of urea groups is 1. The number of carbonyl (C=O) groups is 3. The second-order valence-electron chi connectivity index (χ2n) is 4.57. The first-order chi connectivity index (χ1) is 12.7. The van der Waals surface area contributed by atoms with Crippen LogP contribution in [0.25, 0.3) is 0 Å². The van der Waals surface area contributed by atoms with Gasteiger partial charge < -0.3 is 41.4 Å². The lowest BCUT2D eigenvalue weighted by atomic mass is 10.3. The third kappa shape index (κ3) is 11.9. The molecule has 3 amide bonds. The van der Waals surface area contributed by atoms with Crippen LogP contribution in [-0.2, 0) is 16.1 Å². The summed E-state index contributed by atoms with van der Waals surface area (Å²) < 4.78 is 5.20. The molecule has 0 spiro atoms. The molecule has 1 aromatic heterocycles. The predicted octanol–water partition coefficient (Wildman–Crippen LogP) is -2.69. The molecule has 8 N–H and O–H groups in total. The van der Waals surface area contributed by atoms with E-state index in [1.165, 1.54) is 6.92 Å². The van der Waals surface area contributed by atoms with Gasteiger partial charge in [0.05, 0.1) is 19.8 Å². The van der Waals surface area contributed by atoms with Crippen molar-refractivity contribution < 1.29 is 34.1 Å². The van der Waals surface area contributed by atoms with Crippen molar-refractivity contribution in [3.8, 4) is 12.8 Å². The van der Waals surface area contributed by atoms with Crippen LogP contribution in [0.1, 0.15) is 24.7 Å². The van der Waals surface area contributed by atoms with E-state index >= 15 is 0 Å². The molecule has 0 bridgehead atoms. The van der Waals surface area contributed by atoms with E-state index in [1.807, 2.05) is 5.32 Å². The molecule has 1 aromatic rings. The molecular formula is C14H24N6O7. The maximum Gasteiger partial charge on any atom is 0.328 e. The summed E-state index contributed by atoms with van der Waals surface area (Å²) in [5, 5.41) is 40.9. The molecule has 1 heterocycles. The number of rotatable bonds is 8. The number of nitrogens with two attached hydrogens (primary N) is 1. The Balaban J connectivity index is 0. The van der Waals surface area contributed by atoms with E-state index in [4.69, 9.17) is 19.7 Å². The molecule has 13 nitrogen and oxygen atoms in total. The number of nitrogens with one attached hydrogen (secondary N) is 3. The normalized spacial score (nSPS) is 11.5. The van der Waals surface area contributed by atoms with Gasteiger partial charge in [-0.25, -0.2) is 9.59 Å². The minimum atomic E-state index is -1.40. The van der Waals surface area contributed by atoms with Crippen molar-refractivity contribution in [1.82, 2.24) is 26.1 Å². The molecular weight excluding hydrogens is 364 g/mol. The number of aliphatic hydroxyl groups excluding tert-OH is 2. The SMILES string of the molecule is C#C.CC(N)=O.CN[C@@H](CO)c1nnc(CNC(=O)N[C@@H](CO)C(=O)O)o1. The monoisotopic (exact) mass is 388 g/mol. The van der Waals surface area contributed by atoms with Crippen molar-refractivity contribution in [2.45, 2.75) is 25.6 Å². The lowest BCUT2D eigenvalue weighted by molar-refractivity contribution is -0.140. The Labute approximate surface area is 155 Å². The van der Waals surface area contributed by atoms with E-state index in [1.54, 1.807) is 7.05 Å². The lowest BCUT2D eigenvalue weighted by Gasteiger charge is -2.11. The van der Waals surface area contributed by atoms with Crippen LogP contribution in [0.4, 0.5) is 4.79 Å². The van der Waals surface area contributed by atoms with Crippen LogP contribution in [-0.4, -0.2) is 69.7 Å². The highest BCUT2D eigenvalue weighted by molar-refractivity contribution is 5.82. The Morgan fingerprint density at radius 1 is 1.22 bits per heavy atom. The number of hydrogen-bond donors (Lipinski definition) is 7. The molecule has 0 aromatic carbocycles. The maximum absolute atomic E-state index is 11.4. The molecule has 0 saturated heterocycles. The van der Waals surface area contributed by atoms with Gasteiger partial charge >= 0.3 is 12.0 Å². The number of aromatic nitrogens is 2. The average molecular weight is 388 g/mol. The number of primary amides is 1. The topological polar surface area (TPSA) is 213 Å². The van der Waals surface area contributed by atoms with Crippen molar-refractivity contribution in [1.29, 1.82) is 0 Å². The fraction of sp³-hybridized carbons (Fsp3) is 0.500. The van der Waals surface area contributed by atoms with Crippen LogP contribution in [0.15, 0.2) is 4.42 Å². The molecule has 0 fully saturated rings. The van der Waals surface area contributed by atoms with Gasteiger partial charge in [0.2, 0.25) is 17.7 Å². The van der Waals surface area contributed by atoms with Gasteiger partial charge in [-0.2, -0.15) is 0 Å². The number of amides is 3. The number of aliphatic carboxylic acids is 1. The number of carboxylic acids is 1. The Morgan fingerprint density at radius 3 is 2.19 bits per heavy atom. The molecule has 0 aliphatic carbocycles. The van der Waals surface area contributed by atoms with Gasteiger partial charge in [-0.05, 0) is 7.05 Å². The van der Waals surface area contributed by atoms with E-state index in [-0.39, 0.29) is 30.8 Å². The molecule has 0 radical (unpaired) electrons. The number of hydrogen-bond acceptors (Lipinski definition) is 9. The molecule has 1 rings (SSSR count). The number of carboxylic acid groups (broad SMARTS) is 1. The second-order valence-corrected chi connectivity index (χ2v) is 4.57. The smallest absolute Gasteiger partial charge is 0.328 e. The predicted molar refractivity (Wildman–Crippen MR) is 91.8 cm³/mol. The first-order valence-electron chi connectivity index (χ1n) is 7.32. The highest BCUT2D eigenvalue weighted by Crippen LogP contribution is 2.09. The minimum Gasteiger partial charge on any atom is -0.480 e. The molecule has 27 heavy (non-hydrogen) atoms. The largest absolute Gasteiger partial charge is 0.480 e. The Bertz CT molecular complexity index is 596. The van der Waals surface area contributed by atoms with Gasteiger partial charge in [-0.3, -0.25) is 4.79 Å². The Kier molecular flexibility index (Phi) is 14.5. The Morgan fingerprint density at radius 2 is 1.78 bits per heavy atom. The minimum absolute atomic E-state index is 0.0877. The summed E-state index contributed by atoms with van der Waals surface area (Å²) >= 11 is 0. The Hall–Kier alpha value is -3.21. The third-order valence-electron chi connectivity index (χ3n) is 2.50. The molecule has 0 aliphatic heterocycles. The lowest BCUT2D eigenvalue weighted by Crippen LogP contribution is -2.47. The quantitative estimate of drug-likeness (QED) is 0.229. The molecule has 2 atom stereocenters. The van der Waals surface area contributed by atoms with Gasteiger partial charge in [0.15, 0.2) is 6.04 Å². The van der Waals surface area contributed by atoms with Gasteiger partial charge in [-0.1, -0.05) is 0 Å². The molecule has 0 saturated carbocycles. The summed E-state index contributed by atoms with van der Waals surface area (Å²) in [6, 6.07) is -2.71. The summed E-state index contributed by atoms with van der Waals surface area (Å²) in [6.45, 7) is 0.217. The van der Waals surface area contributed by atoms with Gasteiger partial charge in [0.1, 0.15) is 6.04 Å². The molecule has 13 heteroatoms. The molecule has 0 aliphatic rings. The fourth-order valence-corrected chi connectivity index (χ4v) is 1.32. The van der Waals surface area contributed by atoms with Gasteiger partial charge in [0, 0.05) is 6.92 Å². The first-order valence-corrected chi connectivity index (χ1v) is 7.32. The van der Waals surface area contributed by atoms with Crippen molar-refractivity contribution in [2.75, 3.05) is 20.3 Å². The van der Waals surface area contributed by atoms with Gasteiger partial charge in [-0.15, -0.1) is 23.0 Å². The van der Waals surface area contributed by atoms with Crippen LogP contribution in [0.5, 0.6) is 0 Å². The average Bonchev–Trinajstić information content (AvgIpc) is 3.09. The number of likely N-dealkylation sites (N-methyl/N-ethyl adjacent to an activating group) is 1. The van der Waals surface area contributed by atoms with Crippen LogP contribution < -0.4 is 21.7 Å². The van der Waals surface area contributed by atoms with E-state index in [0.717, 1.165) is 0 Å². The van der Waals surface area contributed by atoms with Crippen molar-refractivity contribution >= 4 is 17.9 Å². The first kappa shape index (κ1) is 26.0. The van der Waals surface area contributed by atoms with Crippen LogP contribution in [0.2, 0.25) is 0 Å². The third-order valence-corrected chi connectivity index (χ3v) is 2.50. The van der Waals surface area contributed by atoms with Gasteiger partial charge in [0.25, 0.3) is 0 Å². The zero-order valence-electron chi connectivity index (χ0n) is 14.9. The van der Waals surface area contributed by atoms with E-state index in [9.17, 15) is 14.4 Å². The van der Waals surface area contributed by atoms with Crippen molar-refractivity contribution in [3.63, 3.8) is 0 Å². The van der Waals surface area contributed by atoms with Crippen molar-refractivity contribution in [2.24, 2.45) is 5.73 Å². The highest BCUT2D eigenvalue weighted by Gasteiger charge is 2.19. The van der Waals surface area contributed by atoms with Crippen molar-refractivity contribution in [3.05, 3.63) is 11.8 Å². The summed E-state index contributed by atoms with van der Waals surface area (Å²) in [5.41, 5.74) is 4.47. The zero-order chi connectivity index (χ0) is 21.4. The standard InChI is InChI=1S/C10H17N5O6.C2H5NO.C2H2/c1-11-5(3-16)8-15-14-7(21-8)2-12-10(20)13-6(4-17)9(18)19;1-2(3)4;1-2/h5-6,11,16-17H,2-4H2,1H3,(H,18,19)(H2,12,13,20);1H3,(H2,3,4);1-2H/t5-,6-;;/m0../s1. The number of aliphatic hydroxyl groups is 2. The summed E-state index contributed by atoms with van der Waals surface area (Å²) in [5.74, 6) is -1.44. The van der Waals surface area contributed by atoms with Crippen LogP contribution in [0, 0.1) is 12.8 Å².